The number of para-hydroxylation sites is 1. The zero-order valence-electron chi connectivity index (χ0n) is 31.2. The topological polar surface area (TPSA) is 41.9 Å². The summed E-state index contributed by atoms with van der Waals surface area (Å²) in [6, 6.07) is 70.4. The third-order valence-electron chi connectivity index (χ3n) is 10.5. The molecular weight excluding hydrogens is 713 g/mol. The summed E-state index contributed by atoms with van der Waals surface area (Å²) < 4.78 is 2.42. The predicted octanol–water partition coefficient (Wildman–Crippen LogP) is 14.4. The molecule has 0 bridgehead atoms. The van der Waals surface area contributed by atoms with Gasteiger partial charge in [0.05, 0.1) is 0 Å². The van der Waals surface area contributed by atoms with Gasteiger partial charge in [-0.05, 0) is 77.2 Å². The van der Waals surface area contributed by atoms with Gasteiger partial charge in [0.1, 0.15) is 0 Å². The predicted molar refractivity (Wildman–Crippen MR) is 239 cm³/mol. The molecule has 0 fully saturated rings. The van der Waals surface area contributed by atoms with Gasteiger partial charge < -0.3 is 4.90 Å². The lowest BCUT2D eigenvalue weighted by Crippen LogP contribution is -2.11. The second kappa shape index (κ2) is 14.8. The number of benzene rings is 8. The summed E-state index contributed by atoms with van der Waals surface area (Å²) in [5, 5.41) is 2.36. The van der Waals surface area contributed by atoms with Crippen molar-refractivity contribution in [3.63, 3.8) is 0 Å². The Labute approximate surface area is 336 Å². The van der Waals surface area contributed by atoms with Crippen molar-refractivity contribution in [2.45, 2.75) is 6.92 Å². The van der Waals surface area contributed by atoms with Crippen LogP contribution >= 0.6 is 11.3 Å². The van der Waals surface area contributed by atoms with Crippen molar-refractivity contribution in [2.24, 2.45) is 0 Å². The van der Waals surface area contributed by atoms with Gasteiger partial charge in [0.15, 0.2) is 17.5 Å². The largest absolute Gasteiger partial charge is 0.310 e. The van der Waals surface area contributed by atoms with Gasteiger partial charge in [-0.15, -0.1) is 11.3 Å². The molecule has 10 rings (SSSR count). The first-order chi connectivity index (χ1) is 28.2. The van der Waals surface area contributed by atoms with Crippen LogP contribution in [0.4, 0.5) is 17.1 Å². The smallest absolute Gasteiger partial charge is 0.164 e. The van der Waals surface area contributed by atoms with Gasteiger partial charge in [0.25, 0.3) is 0 Å². The number of hydrogen-bond donors (Lipinski definition) is 0. The average Bonchev–Trinajstić information content (AvgIpc) is 3.67. The fourth-order valence-electron chi connectivity index (χ4n) is 7.60. The molecule has 0 N–H and O–H groups in total. The highest BCUT2D eigenvalue weighted by molar-refractivity contribution is 7.26. The van der Waals surface area contributed by atoms with Gasteiger partial charge in [-0.25, -0.2) is 15.0 Å². The van der Waals surface area contributed by atoms with Crippen LogP contribution in [0.1, 0.15) is 5.56 Å². The van der Waals surface area contributed by atoms with Gasteiger partial charge in [-0.3, -0.25) is 0 Å². The van der Waals surface area contributed by atoms with Crippen LogP contribution in [-0.2, 0) is 0 Å². The summed E-state index contributed by atoms with van der Waals surface area (Å²) in [6.45, 7) is 2.17. The van der Waals surface area contributed by atoms with E-state index in [9.17, 15) is 0 Å². The maximum Gasteiger partial charge on any atom is 0.164 e. The first-order valence-corrected chi connectivity index (χ1v) is 19.9. The van der Waals surface area contributed by atoms with Crippen LogP contribution in [0.5, 0.6) is 0 Å². The standard InChI is InChI=1S/C52H36N4S/c1-35-14-11-12-22-46(35)56(42-29-24-37(25-30-42)36-15-5-2-6-16-36)43-31-26-38(27-32-43)41-28-33-44-48(34-41)57-47-23-13-21-45(49(44)47)52-54-50(39-17-7-3-8-18-39)53-51(55-52)40-19-9-4-10-20-40/h2-34H,1H3. The molecule has 4 nitrogen and oxygen atoms in total. The number of anilines is 3. The molecule has 2 aromatic heterocycles. The molecule has 0 saturated heterocycles. The van der Waals surface area contributed by atoms with E-state index < -0.39 is 0 Å². The molecule has 270 valence electrons. The van der Waals surface area contributed by atoms with Crippen LogP contribution in [0.2, 0.25) is 0 Å². The summed E-state index contributed by atoms with van der Waals surface area (Å²) >= 11 is 1.80. The van der Waals surface area contributed by atoms with E-state index in [1.807, 2.05) is 60.7 Å². The van der Waals surface area contributed by atoms with Gasteiger partial charge in [-0.2, -0.15) is 0 Å². The van der Waals surface area contributed by atoms with E-state index in [4.69, 9.17) is 15.0 Å². The number of thiophene rings is 1. The molecule has 0 aliphatic rings. The Morgan fingerprint density at radius 2 is 0.877 bits per heavy atom. The van der Waals surface area contributed by atoms with E-state index in [1.165, 1.54) is 42.6 Å². The van der Waals surface area contributed by atoms with E-state index in [0.717, 1.165) is 39.1 Å². The van der Waals surface area contributed by atoms with Gasteiger partial charge in [0, 0.05) is 53.9 Å². The normalized spacial score (nSPS) is 11.2. The van der Waals surface area contributed by atoms with E-state index in [1.54, 1.807) is 11.3 Å². The maximum absolute atomic E-state index is 5.07. The summed E-state index contributed by atoms with van der Waals surface area (Å²) in [5.74, 6) is 1.99. The molecule has 5 heteroatoms. The van der Waals surface area contributed by atoms with E-state index in [0.29, 0.717) is 17.5 Å². The Morgan fingerprint density at radius 3 is 1.47 bits per heavy atom. The van der Waals surface area contributed by atoms with Crippen molar-refractivity contribution >= 4 is 48.6 Å². The van der Waals surface area contributed by atoms with Crippen molar-refractivity contribution in [1.29, 1.82) is 0 Å². The Balaban J connectivity index is 1.02. The fraction of sp³-hybridized carbons (Fsp3) is 0.0192. The van der Waals surface area contributed by atoms with E-state index in [-0.39, 0.29) is 0 Å². The Hall–Kier alpha value is -7.21. The maximum atomic E-state index is 5.07. The monoisotopic (exact) mass is 748 g/mol. The van der Waals surface area contributed by atoms with E-state index >= 15 is 0 Å². The third kappa shape index (κ3) is 6.64. The van der Waals surface area contributed by atoms with Crippen molar-refractivity contribution in [2.75, 3.05) is 4.90 Å². The molecule has 0 unspecified atom stereocenters. The summed E-state index contributed by atoms with van der Waals surface area (Å²) in [4.78, 5) is 17.4. The van der Waals surface area contributed by atoms with Gasteiger partial charge >= 0.3 is 0 Å². The van der Waals surface area contributed by atoms with Crippen molar-refractivity contribution in [3.05, 3.63) is 206 Å². The molecule has 8 aromatic carbocycles. The van der Waals surface area contributed by atoms with Crippen LogP contribution in [-0.4, -0.2) is 15.0 Å². The van der Waals surface area contributed by atoms with E-state index in [2.05, 4.69) is 151 Å². The number of aryl methyl sites for hydroxylation is 1. The lowest BCUT2D eigenvalue weighted by atomic mass is 10.0. The number of aromatic nitrogens is 3. The molecule has 0 spiro atoms. The molecule has 0 saturated carbocycles. The zero-order valence-corrected chi connectivity index (χ0v) is 32.1. The lowest BCUT2D eigenvalue weighted by Gasteiger charge is -2.27. The minimum Gasteiger partial charge on any atom is -0.310 e. The van der Waals surface area contributed by atoms with Crippen LogP contribution in [0.15, 0.2) is 200 Å². The molecule has 10 aromatic rings. The first kappa shape index (κ1) is 34.3. The highest BCUT2D eigenvalue weighted by atomic mass is 32.1. The zero-order chi connectivity index (χ0) is 38.1. The highest BCUT2D eigenvalue weighted by Gasteiger charge is 2.18. The molecule has 0 amide bonds. The minimum atomic E-state index is 0.659. The number of hydrogen-bond acceptors (Lipinski definition) is 5. The van der Waals surface area contributed by atoms with Crippen LogP contribution < -0.4 is 4.90 Å². The second-order valence-electron chi connectivity index (χ2n) is 14.1. The molecule has 0 atom stereocenters. The van der Waals surface area contributed by atoms with Gasteiger partial charge in [0.2, 0.25) is 0 Å². The van der Waals surface area contributed by atoms with Crippen molar-refractivity contribution in [1.82, 2.24) is 15.0 Å². The van der Waals surface area contributed by atoms with Crippen LogP contribution in [0.25, 0.3) is 76.6 Å². The summed E-state index contributed by atoms with van der Waals surface area (Å²) in [6.07, 6.45) is 0. The van der Waals surface area contributed by atoms with Crippen LogP contribution in [0, 0.1) is 6.92 Å². The summed E-state index contributed by atoms with van der Waals surface area (Å²) in [7, 11) is 0. The number of fused-ring (bicyclic) bond motifs is 3. The third-order valence-corrected chi connectivity index (χ3v) is 11.6. The second-order valence-corrected chi connectivity index (χ2v) is 15.2. The van der Waals surface area contributed by atoms with Crippen molar-refractivity contribution in [3.8, 4) is 56.4 Å². The Kier molecular flexibility index (Phi) is 8.90. The molecular formula is C52H36N4S. The first-order valence-electron chi connectivity index (χ1n) is 19.1. The Morgan fingerprint density at radius 1 is 0.386 bits per heavy atom. The molecule has 0 aliphatic heterocycles. The highest BCUT2D eigenvalue weighted by Crippen LogP contribution is 2.42. The average molecular weight is 749 g/mol. The summed E-state index contributed by atoms with van der Waals surface area (Å²) in [5.41, 5.74) is 12.3. The lowest BCUT2D eigenvalue weighted by molar-refractivity contribution is 1.08. The Bertz CT molecular complexity index is 2940. The van der Waals surface area contributed by atoms with Crippen LogP contribution in [0.3, 0.4) is 0 Å². The molecule has 57 heavy (non-hydrogen) atoms. The van der Waals surface area contributed by atoms with Gasteiger partial charge in [-0.1, -0.05) is 158 Å². The minimum absolute atomic E-state index is 0.659. The molecule has 0 aliphatic carbocycles. The quantitative estimate of drug-likeness (QED) is 0.155. The van der Waals surface area contributed by atoms with Crippen molar-refractivity contribution < 1.29 is 0 Å². The fourth-order valence-corrected chi connectivity index (χ4v) is 8.77. The SMILES string of the molecule is Cc1ccccc1N(c1ccc(-c2ccccc2)cc1)c1ccc(-c2ccc3c(c2)sc2cccc(-c4nc(-c5ccccc5)nc(-c5ccccc5)n4)c23)cc1. The number of rotatable bonds is 8. The molecule has 2 heterocycles. The molecule has 0 radical (unpaired) electrons. The number of nitrogens with zero attached hydrogens (tertiary/aromatic N) is 4.